The summed E-state index contributed by atoms with van der Waals surface area (Å²) in [6.07, 6.45) is 2.38. The second-order valence-corrected chi connectivity index (χ2v) is 9.29. The lowest BCUT2D eigenvalue weighted by Gasteiger charge is -2.30. The van der Waals surface area contributed by atoms with E-state index < -0.39 is 15.8 Å². The van der Waals surface area contributed by atoms with E-state index in [9.17, 15) is 17.6 Å². The zero-order valence-corrected chi connectivity index (χ0v) is 17.8. The Morgan fingerprint density at radius 2 is 1.70 bits per heavy atom. The number of hydrogen-bond donors (Lipinski definition) is 1. The third-order valence-electron chi connectivity index (χ3n) is 5.07. The molecule has 1 aliphatic rings. The first-order chi connectivity index (χ1) is 14.3. The van der Waals surface area contributed by atoms with Crippen LogP contribution in [0.3, 0.4) is 0 Å². The minimum Gasteiger partial charge on any atom is -0.378 e. The van der Waals surface area contributed by atoms with Crippen molar-refractivity contribution in [2.24, 2.45) is 11.0 Å². The highest BCUT2D eigenvalue weighted by molar-refractivity contribution is 7.89. The molecular formula is C21H25FN4O3S. The molecular weight excluding hydrogens is 407 g/mol. The second-order valence-electron chi connectivity index (χ2n) is 7.35. The number of nitrogens with one attached hydrogen (secondary N) is 1. The topological polar surface area (TPSA) is 82.1 Å². The van der Waals surface area contributed by atoms with Gasteiger partial charge < -0.3 is 4.90 Å². The van der Waals surface area contributed by atoms with Gasteiger partial charge in [-0.3, -0.25) is 4.79 Å². The molecule has 0 bridgehead atoms. The molecule has 3 rings (SSSR count). The average molecular weight is 433 g/mol. The Hall–Kier alpha value is -2.78. The van der Waals surface area contributed by atoms with Gasteiger partial charge in [0.2, 0.25) is 15.9 Å². The maximum Gasteiger partial charge on any atom is 0.243 e. The summed E-state index contributed by atoms with van der Waals surface area (Å²) in [5, 5.41) is 4.01. The lowest BCUT2D eigenvalue weighted by atomic mass is 9.98. The molecule has 7 nitrogen and oxygen atoms in total. The summed E-state index contributed by atoms with van der Waals surface area (Å²) in [7, 11) is 0.227. The molecule has 0 aromatic heterocycles. The average Bonchev–Trinajstić information content (AvgIpc) is 2.74. The van der Waals surface area contributed by atoms with Crippen LogP contribution in [0.2, 0.25) is 0 Å². The Balaban J connectivity index is 1.52. The molecule has 2 aromatic carbocycles. The van der Waals surface area contributed by atoms with Crippen LogP contribution in [0.15, 0.2) is 58.5 Å². The predicted octanol–water partition coefficient (Wildman–Crippen LogP) is 2.44. The number of halogens is 1. The minimum absolute atomic E-state index is 0.0525. The van der Waals surface area contributed by atoms with Gasteiger partial charge in [-0.2, -0.15) is 9.41 Å². The number of rotatable bonds is 6. The summed E-state index contributed by atoms with van der Waals surface area (Å²) in [5.74, 6) is -1.02. The highest BCUT2D eigenvalue weighted by Crippen LogP contribution is 2.24. The summed E-state index contributed by atoms with van der Waals surface area (Å²) in [6.45, 7) is 0.459. The van der Waals surface area contributed by atoms with E-state index in [1.165, 1.54) is 16.4 Å². The highest BCUT2D eigenvalue weighted by atomic mass is 32.2. The molecule has 1 amide bonds. The number of hydrogen-bond acceptors (Lipinski definition) is 5. The molecule has 30 heavy (non-hydrogen) atoms. The molecule has 0 saturated carbocycles. The third-order valence-corrected chi connectivity index (χ3v) is 6.99. The van der Waals surface area contributed by atoms with Gasteiger partial charge in [-0.15, -0.1) is 0 Å². The third kappa shape index (κ3) is 5.22. The van der Waals surface area contributed by atoms with Crippen LogP contribution < -0.4 is 10.3 Å². The number of anilines is 1. The maximum atomic E-state index is 13.1. The number of amides is 1. The van der Waals surface area contributed by atoms with Crippen molar-refractivity contribution in [1.82, 2.24) is 9.73 Å². The van der Waals surface area contributed by atoms with Crippen molar-refractivity contribution in [3.8, 4) is 0 Å². The number of carbonyl (C=O) groups is 1. The number of benzene rings is 2. The smallest absolute Gasteiger partial charge is 0.243 e. The van der Waals surface area contributed by atoms with Crippen LogP contribution in [0.1, 0.15) is 18.4 Å². The van der Waals surface area contributed by atoms with Gasteiger partial charge in [-0.1, -0.05) is 12.1 Å². The van der Waals surface area contributed by atoms with E-state index in [1.54, 1.807) is 6.21 Å². The van der Waals surface area contributed by atoms with Gasteiger partial charge in [-0.05, 0) is 54.8 Å². The Bertz CT molecular complexity index is 998. The number of nitrogens with zero attached hydrogens (tertiary/aromatic N) is 3. The Kier molecular flexibility index (Phi) is 6.84. The van der Waals surface area contributed by atoms with Gasteiger partial charge in [0.1, 0.15) is 5.82 Å². The molecule has 0 unspecified atom stereocenters. The zero-order valence-electron chi connectivity index (χ0n) is 17.0. The van der Waals surface area contributed by atoms with E-state index in [0.717, 1.165) is 23.4 Å². The molecule has 1 saturated heterocycles. The van der Waals surface area contributed by atoms with E-state index in [1.807, 2.05) is 43.3 Å². The molecule has 1 N–H and O–H groups in total. The maximum absolute atomic E-state index is 13.1. The largest absolute Gasteiger partial charge is 0.378 e. The summed E-state index contributed by atoms with van der Waals surface area (Å²) in [5.41, 5.74) is 4.47. The summed E-state index contributed by atoms with van der Waals surface area (Å²) in [4.78, 5) is 14.4. The molecule has 0 aliphatic carbocycles. The van der Waals surface area contributed by atoms with Crippen LogP contribution in [0.25, 0.3) is 0 Å². The molecule has 1 aliphatic heterocycles. The first-order valence-corrected chi connectivity index (χ1v) is 11.1. The van der Waals surface area contributed by atoms with Gasteiger partial charge in [-0.25, -0.2) is 18.2 Å². The normalized spacial score (nSPS) is 16.0. The van der Waals surface area contributed by atoms with Crippen molar-refractivity contribution in [1.29, 1.82) is 0 Å². The van der Waals surface area contributed by atoms with Crippen molar-refractivity contribution in [3.05, 3.63) is 59.9 Å². The van der Waals surface area contributed by atoms with Gasteiger partial charge in [0.25, 0.3) is 0 Å². The summed E-state index contributed by atoms with van der Waals surface area (Å²) in [6, 6.07) is 12.5. The molecule has 1 heterocycles. The summed E-state index contributed by atoms with van der Waals surface area (Å²) < 4.78 is 39.7. The fourth-order valence-corrected chi connectivity index (χ4v) is 4.70. The number of piperidine rings is 1. The van der Waals surface area contributed by atoms with Crippen LogP contribution in [0.5, 0.6) is 0 Å². The zero-order chi connectivity index (χ0) is 21.7. The summed E-state index contributed by atoms with van der Waals surface area (Å²) >= 11 is 0. The quantitative estimate of drug-likeness (QED) is 0.562. The van der Waals surface area contributed by atoms with Gasteiger partial charge in [0.15, 0.2) is 0 Å². The van der Waals surface area contributed by atoms with Crippen LogP contribution >= 0.6 is 0 Å². The Morgan fingerprint density at radius 3 is 2.27 bits per heavy atom. The monoisotopic (exact) mass is 432 g/mol. The first kappa shape index (κ1) is 21.9. The van der Waals surface area contributed by atoms with Gasteiger partial charge in [0, 0.05) is 38.8 Å². The van der Waals surface area contributed by atoms with Crippen molar-refractivity contribution in [3.63, 3.8) is 0 Å². The SMILES string of the molecule is CN(C)c1ccc(/C=N\NC(=O)C2CCN(S(=O)(=O)c3ccc(F)cc3)CC2)cc1. The molecule has 0 spiro atoms. The van der Waals surface area contributed by atoms with Crippen molar-refractivity contribution in [2.45, 2.75) is 17.7 Å². The molecule has 0 radical (unpaired) electrons. The van der Waals surface area contributed by atoms with E-state index >= 15 is 0 Å². The van der Waals surface area contributed by atoms with Crippen LogP contribution in [-0.4, -0.2) is 52.0 Å². The predicted molar refractivity (Wildman–Crippen MR) is 114 cm³/mol. The molecule has 1 fully saturated rings. The fourth-order valence-electron chi connectivity index (χ4n) is 3.23. The van der Waals surface area contributed by atoms with E-state index in [2.05, 4.69) is 10.5 Å². The Labute approximate surface area is 176 Å². The molecule has 9 heteroatoms. The molecule has 160 valence electrons. The molecule has 2 aromatic rings. The van der Waals surface area contributed by atoms with Gasteiger partial charge in [0.05, 0.1) is 11.1 Å². The van der Waals surface area contributed by atoms with Crippen molar-refractivity contribution < 1.29 is 17.6 Å². The number of carbonyl (C=O) groups excluding carboxylic acids is 1. The van der Waals surface area contributed by atoms with Crippen LogP contribution in [0.4, 0.5) is 10.1 Å². The van der Waals surface area contributed by atoms with Crippen molar-refractivity contribution in [2.75, 3.05) is 32.1 Å². The lowest BCUT2D eigenvalue weighted by molar-refractivity contribution is -0.126. The first-order valence-electron chi connectivity index (χ1n) is 9.63. The van der Waals surface area contributed by atoms with Crippen molar-refractivity contribution >= 4 is 27.8 Å². The highest BCUT2D eigenvalue weighted by Gasteiger charge is 2.32. The number of sulfonamides is 1. The second kappa shape index (κ2) is 9.36. The van der Waals surface area contributed by atoms with E-state index in [-0.39, 0.29) is 29.8 Å². The Morgan fingerprint density at radius 1 is 1.10 bits per heavy atom. The number of hydrazone groups is 1. The van der Waals surface area contributed by atoms with E-state index in [4.69, 9.17) is 0 Å². The lowest BCUT2D eigenvalue weighted by Crippen LogP contribution is -2.42. The van der Waals surface area contributed by atoms with Crippen LogP contribution in [-0.2, 0) is 14.8 Å². The molecule has 0 atom stereocenters. The van der Waals surface area contributed by atoms with Crippen LogP contribution in [0, 0.1) is 11.7 Å². The van der Waals surface area contributed by atoms with Gasteiger partial charge >= 0.3 is 0 Å². The standard InChI is InChI=1S/C21H25FN4O3S/c1-25(2)19-7-3-16(4-8-19)15-23-24-21(27)17-11-13-26(14-12-17)30(28,29)20-9-5-18(22)6-10-20/h3-10,15,17H,11-14H2,1-2H3,(H,24,27)/b23-15-. The van der Waals surface area contributed by atoms with E-state index in [0.29, 0.717) is 12.8 Å². The fraction of sp³-hybridized carbons (Fsp3) is 0.333. The minimum atomic E-state index is -3.69.